The Bertz CT molecular complexity index is 487. The van der Waals surface area contributed by atoms with Gasteiger partial charge in [0.25, 0.3) is 0 Å². The van der Waals surface area contributed by atoms with Crippen molar-refractivity contribution in [1.29, 1.82) is 0 Å². The zero-order chi connectivity index (χ0) is 10.7. The molecule has 5 heteroatoms. The predicted octanol–water partition coefficient (Wildman–Crippen LogP) is 1.87. The minimum Gasteiger partial charge on any atom is -0.285 e. The van der Waals surface area contributed by atoms with Crippen molar-refractivity contribution in [3.05, 3.63) is 52.8 Å². The number of rotatable bonds is 2. The number of halogens is 1. The van der Waals surface area contributed by atoms with Crippen molar-refractivity contribution >= 4 is 21.7 Å². The van der Waals surface area contributed by atoms with Crippen LogP contribution in [0.3, 0.4) is 0 Å². The van der Waals surface area contributed by atoms with Gasteiger partial charge in [-0.1, -0.05) is 0 Å². The number of hydrogen-bond donors (Lipinski definition) is 0. The Morgan fingerprint density at radius 1 is 1.20 bits per heavy atom. The van der Waals surface area contributed by atoms with Gasteiger partial charge in [0, 0.05) is 23.1 Å². The lowest BCUT2D eigenvalue weighted by Gasteiger charge is -2.00. The van der Waals surface area contributed by atoms with Gasteiger partial charge in [0.05, 0.1) is 6.20 Å². The first-order valence-electron chi connectivity index (χ1n) is 4.20. The molecule has 0 aromatic carbocycles. The summed E-state index contributed by atoms with van der Waals surface area (Å²) in [7, 11) is 0. The number of carbonyl (C=O) groups excluding carboxylic acids is 1. The largest absolute Gasteiger partial charge is 0.285 e. The van der Waals surface area contributed by atoms with Crippen LogP contribution < -0.4 is 0 Å². The SMILES string of the molecule is O=C(c1cnccn1)c1ncccc1Br. The molecule has 0 aliphatic heterocycles. The first kappa shape index (κ1) is 9.92. The molecule has 0 saturated heterocycles. The normalized spacial score (nSPS) is 9.93. The Hall–Kier alpha value is -1.62. The van der Waals surface area contributed by atoms with Crippen molar-refractivity contribution in [2.75, 3.05) is 0 Å². The van der Waals surface area contributed by atoms with Gasteiger partial charge in [-0.2, -0.15) is 0 Å². The molecule has 0 N–H and O–H groups in total. The number of nitrogens with zero attached hydrogens (tertiary/aromatic N) is 3. The fourth-order valence-corrected chi connectivity index (χ4v) is 1.53. The molecule has 0 atom stereocenters. The van der Waals surface area contributed by atoms with E-state index in [-0.39, 0.29) is 11.5 Å². The number of ketones is 1. The fraction of sp³-hybridized carbons (Fsp3) is 0. The van der Waals surface area contributed by atoms with Crippen LogP contribution in [0, 0.1) is 0 Å². The van der Waals surface area contributed by atoms with Crippen LogP contribution in [0.15, 0.2) is 41.4 Å². The van der Waals surface area contributed by atoms with Crippen LogP contribution in [0.25, 0.3) is 0 Å². The van der Waals surface area contributed by atoms with Gasteiger partial charge in [0.15, 0.2) is 0 Å². The monoisotopic (exact) mass is 263 g/mol. The first-order valence-corrected chi connectivity index (χ1v) is 4.99. The molecule has 2 aromatic rings. The molecule has 0 fully saturated rings. The summed E-state index contributed by atoms with van der Waals surface area (Å²) < 4.78 is 0.653. The first-order chi connectivity index (χ1) is 7.29. The Labute approximate surface area is 94.5 Å². The van der Waals surface area contributed by atoms with E-state index < -0.39 is 0 Å². The number of carbonyl (C=O) groups is 1. The van der Waals surface area contributed by atoms with E-state index >= 15 is 0 Å². The fourth-order valence-electron chi connectivity index (χ4n) is 1.09. The van der Waals surface area contributed by atoms with E-state index in [1.807, 2.05) is 0 Å². The highest BCUT2D eigenvalue weighted by Gasteiger charge is 2.14. The van der Waals surface area contributed by atoms with E-state index in [4.69, 9.17) is 0 Å². The summed E-state index contributed by atoms with van der Waals surface area (Å²) >= 11 is 3.26. The second-order valence-corrected chi connectivity index (χ2v) is 3.61. The standard InChI is InChI=1S/C10H6BrN3O/c11-7-2-1-3-14-9(7)10(15)8-6-12-4-5-13-8/h1-6H. The Kier molecular flexibility index (Phi) is 2.82. The molecule has 0 saturated carbocycles. The maximum Gasteiger partial charge on any atom is 0.232 e. The number of aromatic nitrogens is 3. The number of pyridine rings is 1. The second-order valence-electron chi connectivity index (χ2n) is 2.75. The van der Waals surface area contributed by atoms with Crippen molar-refractivity contribution in [2.24, 2.45) is 0 Å². The summed E-state index contributed by atoms with van der Waals surface area (Å²) in [6, 6.07) is 3.51. The lowest BCUT2D eigenvalue weighted by molar-refractivity contribution is 0.102. The van der Waals surface area contributed by atoms with E-state index in [1.54, 1.807) is 18.3 Å². The van der Waals surface area contributed by atoms with E-state index in [2.05, 4.69) is 30.9 Å². The minimum atomic E-state index is -0.240. The van der Waals surface area contributed by atoms with Crippen LogP contribution in [0.5, 0.6) is 0 Å². The van der Waals surface area contributed by atoms with Crippen LogP contribution in [0.2, 0.25) is 0 Å². The zero-order valence-electron chi connectivity index (χ0n) is 7.59. The molecule has 0 spiro atoms. The Morgan fingerprint density at radius 2 is 2.07 bits per heavy atom. The van der Waals surface area contributed by atoms with Crippen LogP contribution >= 0.6 is 15.9 Å². The molecule has 4 nitrogen and oxygen atoms in total. The highest BCUT2D eigenvalue weighted by atomic mass is 79.9. The van der Waals surface area contributed by atoms with Crippen LogP contribution in [0.4, 0.5) is 0 Å². The average Bonchev–Trinajstić information content (AvgIpc) is 2.30. The van der Waals surface area contributed by atoms with E-state index in [9.17, 15) is 4.79 Å². The quantitative estimate of drug-likeness (QED) is 0.777. The predicted molar refractivity (Wildman–Crippen MR) is 57.4 cm³/mol. The summed E-state index contributed by atoms with van der Waals surface area (Å²) in [4.78, 5) is 23.6. The topological polar surface area (TPSA) is 55.7 Å². The Morgan fingerprint density at radius 3 is 2.73 bits per heavy atom. The van der Waals surface area contributed by atoms with Crippen LogP contribution in [-0.2, 0) is 0 Å². The molecule has 0 unspecified atom stereocenters. The van der Waals surface area contributed by atoms with Gasteiger partial charge in [-0.15, -0.1) is 0 Å². The molecule has 74 valence electrons. The van der Waals surface area contributed by atoms with E-state index in [1.165, 1.54) is 18.6 Å². The molecule has 2 heterocycles. The van der Waals surface area contributed by atoms with Gasteiger partial charge in [-0.25, -0.2) is 4.98 Å². The molecular formula is C10H6BrN3O. The maximum absolute atomic E-state index is 11.9. The third-order valence-electron chi connectivity index (χ3n) is 1.77. The molecule has 0 bridgehead atoms. The minimum absolute atomic E-state index is 0.240. The zero-order valence-corrected chi connectivity index (χ0v) is 9.18. The van der Waals surface area contributed by atoms with Crippen molar-refractivity contribution in [3.8, 4) is 0 Å². The molecule has 0 aliphatic carbocycles. The average molecular weight is 264 g/mol. The molecular weight excluding hydrogens is 258 g/mol. The van der Waals surface area contributed by atoms with Crippen LogP contribution in [0.1, 0.15) is 16.2 Å². The van der Waals surface area contributed by atoms with Gasteiger partial charge in [0.2, 0.25) is 5.78 Å². The maximum atomic E-state index is 11.9. The van der Waals surface area contributed by atoms with Gasteiger partial charge in [0.1, 0.15) is 11.4 Å². The van der Waals surface area contributed by atoms with Crippen molar-refractivity contribution < 1.29 is 4.79 Å². The van der Waals surface area contributed by atoms with Crippen molar-refractivity contribution in [3.63, 3.8) is 0 Å². The third-order valence-corrected chi connectivity index (χ3v) is 2.41. The van der Waals surface area contributed by atoms with Crippen molar-refractivity contribution in [2.45, 2.75) is 0 Å². The lowest BCUT2D eigenvalue weighted by Crippen LogP contribution is -2.07. The smallest absolute Gasteiger partial charge is 0.232 e. The summed E-state index contributed by atoms with van der Waals surface area (Å²) in [6.45, 7) is 0. The van der Waals surface area contributed by atoms with E-state index in [0.717, 1.165) is 0 Å². The van der Waals surface area contributed by atoms with Gasteiger partial charge >= 0.3 is 0 Å². The second kappa shape index (κ2) is 4.27. The summed E-state index contributed by atoms with van der Waals surface area (Å²) in [5, 5.41) is 0. The Balaban J connectivity index is 2.42. The lowest BCUT2D eigenvalue weighted by atomic mass is 10.2. The molecule has 15 heavy (non-hydrogen) atoms. The summed E-state index contributed by atoms with van der Waals surface area (Å²) in [5.74, 6) is -0.240. The number of hydrogen-bond acceptors (Lipinski definition) is 4. The van der Waals surface area contributed by atoms with E-state index in [0.29, 0.717) is 10.2 Å². The highest BCUT2D eigenvalue weighted by Crippen LogP contribution is 2.15. The summed E-state index contributed by atoms with van der Waals surface area (Å²) in [6.07, 6.45) is 5.98. The molecule has 0 radical (unpaired) electrons. The van der Waals surface area contributed by atoms with Crippen molar-refractivity contribution in [1.82, 2.24) is 15.0 Å². The highest BCUT2D eigenvalue weighted by molar-refractivity contribution is 9.10. The molecule has 2 rings (SSSR count). The molecule has 0 aliphatic rings. The van der Waals surface area contributed by atoms with Crippen LogP contribution in [-0.4, -0.2) is 20.7 Å². The van der Waals surface area contributed by atoms with Gasteiger partial charge < -0.3 is 0 Å². The van der Waals surface area contributed by atoms with Gasteiger partial charge in [-0.05, 0) is 28.1 Å². The molecule has 2 aromatic heterocycles. The summed E-state index contributed by atoms with van der Waals surface area (Å²) in [5.41, 5.74) is 0.634. The molecule has 0 amide bonds. The third kappa shape index (κ3) is 2.07. The van der Waals surface area contributed by atoms with Gasteiger partial charge in [-0.3, -0.25) is 14.8 Å².